The number of anilines is 2. The molecule has 15 heavy (non-hydrogen) atoms. The number of rotatable bonds is 2. The van der Waals surface area contributed by atoms with Crippen molar-refractivity contribution in [3.8, 4) is 0 Å². The minimum absolute atomic E-state index is 0.111. The van der Waals surface area contributed by atoms with Gasteiger partial charge >= 0.3 is 5.97 Å². The molecule has 1 atom stereocenters. The lowest BCUT2D eigenvalue weighted by Crippen LogP contribution is -2.37. The first kappa shape index (κ1) is 9.97. The summed E-state index contributed by atoms with van der Waals surface area (Å²) in [5, 5.41) is 15.2. The summed E-state index contributed by atoms with van der Waals surface area (Å²) in [7, 11) is 0. The molecule has 0 saturated carbocycles. The van der Waals surface area contributed by atoms with E-state index in [4.69, 9.17) is 5.11 Å². The van der Waals surface area contributed by atoms with Crippen LogP contribution in [0.3, 0.4) is 0 Å². The molecule has 6 heteroatoms. The zero-order valence-electron chi connectivity index (χ0n) is 8.03. The number of hydrogen-bond acceptors (Lipinski definition) is 4. The predicted molar refractivity (Wildman–Crippen MR) is 57.6 cm³/mol. The molecule has 2 rings (SSSR count). The van der Waals surface area contributed by atoms with Gasteiger partial charge in [0.2, 0.25) is 5.91 Å². The van der Waals surface area contributed by atoms with Crippen LogP contribution in [0.25, 0.3) is 0 Å². The Kier molecular flexibility index (Phi) is 2.36. The van der Waals surface area contributed by atoms with Gasteiger partial charge in [0.1, 0.15) is 15.9 Å². The third-order valence-corrected chi connectivity index (χ3v) is 3.29. The number of carboxylic acid groups (broad SMARTS) is 1. The molecule has 0 fully saturated rings. The van der Waals surface area contributed by atoms with Gasteiger partial charge in [-0.25, -0.2) is 4.79 Å². The van der Waals surface area contributed by atoms with Crippen LogP contribution in [-0.2, 0) is 4.79 Å². The van der Waals surface area contributed by atoms with Crippen LogP contribution in [-0.4, -0.2) is 23.0 Å². The highest BCUT2D eigenvalue weighted by atomic mass is 32.1. The van der Waals surface area contributed by atoms with Crippen molar-refractivity contribution in [2.75, 3.05) is 10.6 Å². The second-order valence-corrected chi connectivity index (χ2v) is 4.31. The molecule has 3 N–H and O–H groups in total. The van der Waals surface area contributed by atoms with Crippen LogP contribution >= 0.6 is 11.3 Å². The van der Waals surface area contributed by atoms with Gasteiger partial charge in [0.15, 0.2) is 0 Å². The second kappa shape index (κ2) is 3.54. The van der Waals surface area contributed by atoms with Gasteiger partial charge in [-0.1, -0.05) is 6.92 Å². The molecule has 1 unspecified atom stereocenters. The van der Waals surface area contributed by atoms with Crippen LogP contribution in [0.4, 0.5) is 10.7 Å². The van der Waals surface area contributed by atoms with Crippen LogP contribution < -0.4 is 10.6 Å². The van der Waals surface area contributed by atoms with Crippen molar-refractivity contribution in [2.24, 2.45) is 0 Å². The Labute approximate surface area is 90.1 Å². The maximum Gasteiger partial charge on any atom is 0.346 e. The van der Waals surface area contributed by atoms with E-state index in [1.807, 2.05) is 6.92 Å². The second-order valence-electron chi connectivity index (χ2n) is 3.25. The standard InChI is InChI=1S/C9H10N2O3S/c1-2-4-7(12)10-5-3-6(9(13)14)15-8(5)11-4/h3-4,11H,2H2,1H3,(H,10,12)(H,13,14). The van der Waals surface area contributed by atoms with Crippen LogP contribution in [0, 0.1) is 0 Å². The van der Waals surface area contributed by atoms with E-state index in [1.165, 1.54) is 6.07 Å². The fraction of sp³-hybridized carbons (Fsp3) is 0.333. The average Bonchev–Trinajstić information content (AvgIpc) is 2.59. The fourth-order valence-electron chi connectivity index (χ4n) is 1.43. The van der Waals surface area contributed by atoms with Crippen LogP contribution in [0.1, 0.15) is 23.0 Å². The van der Waals surface area contributed by atoms with Crippen LogP contribution in [0.5, 0.6) is 0 Å². The summed E-state index contributed by atoms with van der Waals surface area (Å²) in [5.74, 6) is -1.08. The molecule has 0 aromatic carbocycles. The molecule has 0 aliphatic carbocycles. The van der Waals surface area contributed by atoms with E-state index in [2.05, 4.69) is 10.6 Å². The lowest BCUT2D eigenvalue weighted by Gasteiger charge is -2.22. The zero-order valence-corrected chi connectivity index (χ0v) is 8.85. The number of aromatic carboxylic acids is 1. The molecule has 0 bridgehead atoms. The molecule has 1 amide bonds. The van der Waals surface area contributed by atoms with Crippen LogP contribution in [0.2, 0.25) is 0 Å². The van der Waals surface area contributed by atoms with Gasteiger partial charge in [-0.15, -0.1) is 11.3 Å². The molecule has 0 spiro atoms. The first-order valence-electron chi connectivity index (χ1n) is 4.56. The lowest BCUT2D eigenvalue weighted by atomic mass is 10.2. The lowest BCUT2D eigenvalue weighted by molar-refractivity contribution is -0.117. The van der Waals surface area contributed by atoms with Crippen molar-refractivity contribution in [1.29, 1.82) is 0 Å². The zero-order chi connectivity index (χ0) is 11.0. The van der Waals surface area contributed by atoms with Crippen LogP contribution in [0.15, 0.2) is 6.07 Å². The largest absolute Gasteiger partial charge is 0.477 e. The number of hydrogen-bond donors (Lipinski definition) is 3. The summed E-state index contributed by atoms with van der Waals surface area (Å²) in [6.07, 6.45) is 0.672. The van der Waals surface area contributed by atoms with Gasteiger partial charge in [0.05, 0.1) is 5.69 Å². The molecule has 0 saturated heterocycles. The van der Waals surface area contributed by atoms with E-state index in [1.54, 1.807) is 0 Å². The van der Waals surface area contributed by atoms with Crippen molar-refractivity contribution >= 4 is 33.9 Å². The molecule has 1 aliphatic heterocycles. The molecular formula is C9H10N2O3S. The minimum Gasteiger partial charge on any atom is -0.477 e. The highest BCUT2D eigenvalue weighted by Crippen LogP contribution is 2.36. The van der Waals surface area contributed by atoms with Crippen molar-refractivity contribution in [3.63, 3.8) is 0 Å². The number of nitrogens with one attached hydrogen (secondary N) is 2. The van der Waals surface area contributed by atoms with E-state index in [0.717, 1.165) is 16.3 Å². The average molecular weight is 226 g/mol. The first-order chi connectivity index (χ1) is 7.11. The first-order valence-corrected chi connectivity index (χ1v) is 5.38. The monoisotopic (exact) mass is 226 g/mol. The summed E-state index contributed by atoms with van der Waals surface area (Å²) in [6.45, 7) is 1.90. The third kappa shape index (κ3) is 1.68. The topological polar surface area (TPSA) is 78.4 Å². The van der Waals surface area contributed by atoms with Crippen molar-refractivity contribution < 1.29 is 14.7 Å². The normalized spacial score (nSPS) is 19.0. The number of thiophene rings is 1. The molecule has 2 heterocycles. The number of fused-ring (bicyclic) bond motifs is 1. The molecule has 1 aliphatic rings. The summed E-state index contributed by atoms with van der Waals surface area (Å²) >= 11 is 1.14. The molecular weight excluding hydrogens is 216 g/mol. The molecule has 0 radical (unpaired) electrons. The molecule has 80 valence electrons. The quantitative estimate of drug-likeness (QED) is 0.715. The summed E-state index contributed by atoms with van der Waals surface area (Å²) < 4.78 is 0. The van der Waals surface area contributed by atoms with Gasteiger partial charge in [-0.05, 0) is 12.5 Å². The Morgan fingerprint density at radius 1 is 1.67 bits per heavy atom. The van der Waals surface area contributed by atoms with E-state index < -0.39 is 5.97 Å². The Bertz CT molecular complexity index is 427. The van der Waals surface area contributed by atoms with E-state index >= 15 is 0 Å². The highest BCUT2D eigenvalue weighted by molar-refractivity contribution is 7.18. The highest BCUT2D eigenvalue weighted by Gasteiger charge is 2.26. The van der Waals surface area contributed by atoms with Crippen molar-refractivity contribution in [2.45, 2.75) is 19.4 Å². The minimum atomic E-state index is -0.974. The van der Waals surface area contributed by atoms with E-state index in [-0.39, 0.29) is 16.8 Å². The van der Waals surface area contributed by atoms with Gasteiger partial charge < -0.3 is 15.7 Å². The van der Waals surface area contributed by atoms with Gasteiger partial charge in [-0.2, -0.15) is 0 Å². The maximum atomic E-state index is 11.5. The molecule has 5 nitrogen and oxygen atoms in total. The Balaban J connectivity index is 2.33. The SMILES string of the molecule is CCC1Nc2sc(C(=O)O)cc2NC1=O. The number of carbonyl (C=O) groups excluding carboxylic acids is 1. The predicted octanol–water partition coefficient (Wildman–Crippen LogP) is 1.59. The van der Waals surface area contributed by atoms with Gasteiger partial charge in [-0.3, -0.25) is 4.79 Å². The van der Waals surface area contributed by atoms with E-state index in [9.17, 15) is 9.59 Å². The number of carbonyl (C=O) groups is 2. The van der Waals surface area contributed by atoms with Crippen molar-refractivity contribution in [1.82, 2.24) is 0 Å². The Morgan fingerprint density at radius 2 is 2.40 bits per heavy atom. The Morgan fingerprint density at radius 3 is 3.00 bits per heavy atom. The van der Waals surface area contributed by atoms with E-state index in [0.29, 0.717) is 12.1 Å². The summed E-state index contributed by atoms with van der Waals surface area (Å²) in [6, 6.07) is 1.21. The Hall–Kier alpha value is -1.56. The maximum absolute atomic E-state index is 11.5. The number of carboxylic acids is 1. The summed E-state index contributed by atoms with van der Waals surface area (Å²) in [5.41, 5.74) is 0.562. The van der Waals surface area contributed by atoms with Gasteiger partial charge in [0.25, 0.3) is 0 Å². The van der Waals surface area contributed by atoms with Gasteiger partial charge in [0, 0.05) is 0 Å². The summed E-state index contributed by atoms with van der Waals surface area (Å²) in [4.78, 5) is 22.4. The fourth-order valence-corrected chi connectivity index (χ4v) is 2.33. The number of amides is 1. The smallest absolute Gasteiger partial charge is 0.346 e. The molecule has 1 aromatic heterocycles. The third-order valence-electron chi connectivity index (χ3n) is 2.23. The van der Waals surface area contributed by atoms with Crippen molar-refractivity contribution in [3.05, 3.63) is 10.9 Å². The molecule has 1 aromatic rings.